The molecule has 4 rings (SSSR count). The van der Waals surface area contributed by atoms with Gasteiger partial charge in [-0.05, 0) is 49.4 Å². The zero-order valence-corrected chi connectivity index (χ0v) is 17.9. The van der Waals surface area contributed by atoms with Gasteiger partial charge >= 0.3 is 6.03 Å². The summed E-state index contributed by atoms with van der Waals surface area (Å²) >= 11 is 0. The first-order chi connectivity index (χ1) is 14.9. The second-order valence-corrected chi connectivity index (χ2v) is 8.21. The van der Waals surface area contributed by atoms with Crippen molar-refractivity contribution in [2.24, 2.45) is 0 Å². The summed E-state index contributed by atoms with van der Waals surface area (Å²) in [5.74, 6) is 0.0814. The first kappa shape index (κ1) is 20.9. The van der Waals surface area contributed by atoms with Crippen LogP contribution in [0.5, 0.6) is 5.75 Å². The zero-order chi connectivity index (χ0) is 22.0. The molecule has 1 N–H and O–H groups in total. The molecule has 1 heterocycles. The molecule has 4 amide bonds. The number of nitrogens with one attached hydrogen (secondary N) is 1. The van der Waals surface area contributed by atoms with Gasteiger partial charge in [-0.2, -0.15) is 0 Å². The molecule has 1 atom stereocenters. The molecule has 1 fully saturated rings. The molecule has 1 unspecified atom stereocenters. The predicted molar refractivity (Wildman–Crippen MR) is 116 cm³/mol. The monoisotopic (exact) mass is 421 g/mol. The molecule has 0 bridgehead atoms. The van der Waals surface area contributed by atoms with Gasteiger partial charge < -0.3 is 15.0 Å². The van der Waals surface area contributed by atoms with Crippen LogP contribution in [0.3, 0.4) is 0 Å². The summed E-state index contributed by atoms with van der Waals surface area (Å²) in [6.07, 6.45) is 2.23. The number of rotatable bonds is 6. The molecule has 0 aromatic heterocycles. The molecule has 162 valence electrons. The highest BCUT2D eigenvalue weighted by Gasteiger charge is 2.54. The fourth-order valence-corrected chi connectivity index (χ4v) is 4.27. The minimum atomic E-state index is -1.06. The maximum Gasteiger partial charge on any atom is 0.325 e. The summed E-state index contributed by atoms with van der Waals surface area (Å²) < 4.78 is 5.67. The molecule has 0 saturated carbocycles. The average Bonchev–Trinajstić information content (AvgIpc) is 3.00. The maximum absolute atomic E-state index is 13.3. The largest absolute Gasteiger partial charge is 0.492 e. The molecule has 1 spiro atoms. The highest BCUT2D eigenvalue weighted by atomic mass is 16.5. The predicted octanol–water partition coefficient (Wildman–Crippen LogP) is 2.62. The van der Waals surface area contributed by atoms with Crippen molar-refractivity contribution in [3.05, 3.63) is 65.2 Å². The third kappa shape index (κ3) is 4.00. The van der Waals surface area contributed by atoms with Crippen LogP contribution >= 0.6 is 0 Å². The van der Waals surface area contributed by atoms with Crippen molar-refractivity contribution in [3.63, 3.8) is 0 Å². The highest BCUT2D eigenvalue weighted by Crippen LogP contribution is 2.39. The van der Waals surface area contributed by atoms with Gasteiger partial charge in [0, 0.05) is 7.05 Å². The number of ether oxygens (including phenoxy) is 1. The number of imide groups is 1. The number of likely N-dealkylation sites (N-methyl/N-ethyl adjacent to an activating group) is 1. The van der Waals surface area contributed by atoms with Crippen LogP contribution in [0.1, 0.15) is 29.5 Å². The summed E-state index contributed by atoms with van der Waals surface area (Å²) in [4.78, 5) is 41.2. The SMILES string of the molecule is Cc1ccc(OCCN(C)C(=O)CN2C(=O)NC3(CCCc4ccccc43)C2=O)cc1. The average molecular weight is 421 g/mol. The first-order valence-corrected chi connectivity index (χ1v) is 10.6. The number of hydrogen-bond donors (Lipinski definition) is 1. The van der Waals surface area contributed by atoms with Gasteiger partial charge in [-0.1, -0.05) is 42.0 Å². The number of fused-ring (bicyclic) bond motifs is 2. The van der Waals surface area contributed by atoms with Gasteiger partial charge in [-0.25, -0.2) is 4.79 Å². The number of carbonyl (C=O) groups excluding carboxylic acids is 3. The van der Waals surface area contributed by atoms with Gasteiger partial charge in [0.1, 0.15) is 24.4 Å². The van der Waals surface area contributed by atoms with Crippen molar-refractivity contribution >= 4 is 17.8 Å². The van der Waals surface area contributed by atoms with E-state index in [0.29, 0.717) is 19.6 Å². The van der Waals surface area contributed by atoms with E-state index in [-0.39, 0.29) is 18.4 Å². The molecule has 1 saturated heterocycles. The van der Waals surface area contributed by atoms with Crippen molar-refractivity contribution in [3.8, 4) is 5.75 Å². The van der Waals surface area contributed by atoms with Crippen molar-refractivity contribution < 1.29 is 19.1 Å². The van der Waals surface area contributed by atoms with Crippen molar-refractivity contribution in [1.29, 1.82) is 0 Å². The Labute approximate surface area is 182 Å². The number of aryl methyl sites for hydroxylation is 2. The highest BCUT2D eigenvalue weighted by molar-refractivity contribution is 6.09. The Bertz CT molecular complexity index is 1000. The van der Waals surface area contributed by atoms with Crippen LogP contribution < -0.4 is 10.1 Å². The van der Waals surface area contributed by atoms with Crippen LogP contribution in [-0.2, 0) is 21.5 Å². The quantitative estimate of drug-likeness (QED) is 0.728. The van der Waals surface area contributed by atoms with E-state index in [2.05, 4.69) is 5.32 Å². The van der Waals surface area contributed by atoms with Crippen LogP contribution in [0, 0.1) is 6.92 Å². The van der Waals surface area contributed by atoms with Gasteiger partial charge in [0.05, 0.1) is 6.54 Å². The molecule has 2 aromatic rings. The molecule has 7 heteroatoms. The van der Waals surface area contributed by atoms with Crippen molar-refractivity contribution in [1.82, 2.24) is 15.1 Å². The number of carbonyl (C=O) groups is 3. The molecule has 1 aliphatic carbocycles. The second kappa shape index (κ2) is 8.41. The smallest absolute Gasteiger partial charge is 0.325 e. The summed E-state index contributed by atoms with van der Waals surface area (Å²) in [6, 6.07) is 14.9. The molecule has 7 nitrogen and oxygen atoms in total. The molecule has 2 aromatic carbocycles. The van der Waals surface area contributed by atoms with Gasteiger partial charge in [0.15, 0.2) is 0 Å². The number of urea groups is 1. The molecule has 31 heavy (non-hydrogen) atoms. The number of benzene rings is 2. The lowest BCUT2D eigenvalue weighted by Gasteiger charge is -2.33. The molecule has 2 aliphatic rings. The Morgan fingerprint density at radius 2 is 1.90 bits per heavy atom. The van der Waals surface area contributed by atoms with E-state index in [0.717, 1.165) is 40.2 Å². The van der Waals surface area contributed by atoms with Crippen LogP contribution in [0.25, 0.3) is 0 Å². The lowest BCUT2D eigenvalue weighted by molar-refractivity contribution is -0.139. The molecular formula is C24H27N3O4. The van der Waals surface area contributed by atoms with E-state index >= 15 is 0 Å². The summed E-state index contributed by atoms with van der Waals surface area (Å²) in [5.41, 5.74) is 2.00. The van der Waals surface area contributed by atoms with E-state index in [4.69, 9.17) is 4.74 Å². The van der Waals surface area contributed by atoms with Crippen molar-refractivity contribution in [2.45, 2.75) is 31.7 Å². The third-order valence-electron chi connectivity index (χ3n) is 6.09. The van der Waals surface area contributed by atoms with Crippen LogP contribution in [0.15, 0.2) is 48.5 Å². The van der Waals surface area contributed by atoms with E-state index in [1.54, 1.807) is 7.05 Å². The normalized spacial score (nSPS) is 19.9. The minimum Gasteiger partial charge on any atom is -0.492 e. The number of hydrogen-bond acceptors (Lipinski definition) is 4. The lowest BCUT2D eigenvalue weighted by Crippen LogP contribution is -2.47. The van der Waals surface area contributed by atoms with E-state index in [1.807, 2.05) is 55.5 Å². The van der Waals surface area contributed by atoms with Crippen molar-refractivity contribution in [2.75, 3.05) is 26.7 Å². The lowest BCUT2D eigenvalue weighted by atomic mass is 9.76. The second-order valence-electron chi connectivity index (χ2n) is 8.21. The zero-order valence-electron chi connectivity index (χ0n) is 17.9. The summed E-state index contributed by atoms with van der Waals surface area (Å²) in [5, 5.41) is 2.88. The summed E-state index contributed by atoms with van der Waals surface area (Å²) in [7, 11) is 1.64. The Hall–Kier alpha value is -3.35. The van der Waals surface area contributed by atoms with E-state index in [9.17, 15) is 14.4 Å². The Morgan fingerprint density at radius 1 is 1.16 bits per heavy atom. The first-order valence-electron chi connectivity index (χ1n) is 10.6. The number of amides is 4. The standard InChI is InChI=1S/C24H27N3O4/c1-17-9-11-19(12-10-17)31-15-14-26(2)21(28)16-27-22(29)24(25-23(27)30)13-5-7-18-6-3-4-8-20(18)24/h3-4,6,8-12H,5,7,13-16H2,1-2H3,(H,25,30). The third-order valence-corrected chi connectivity index (χ3v) is 6.09. The van der Waals surface area contributed by atoms with Gasteiger partial charge in [0.25, 0.3) is 5.91 Å². The molecule has 1 aliphatic heterocycles. The van der Waals surface area contributed by atoms with E-state index < -0.39 is 11.6 Å². The maximum atomic E-state index is 13.3. The van der Waals surface area contributed by atoms with E-state index in [1.165, 1.54) is 4.90 Å². The molecular weight excluding hydrogens is 394 g/mol. The molecule has 0 radical (unpaired) electrons. The Kier molecular flexibility index (Phi) is 5.67. The van der Waals surface area contributed by atoms with Gasteiger partial charge in [0.2, 0.25) is 5.91 Å². The minimum absolute atomic E-state index is 0.282. The van der Waals surface area contributed by atoms with Crippen LogP contribution in [-0.4, -0.2) is 54.4 Å². The fourth-order valence-electron chi connectivity index (χ4n) is 4.27. The van der Waals surface area contributed by atoms with Gasteiger partial charge in [-0.3, -0.25) is 14.5 Å². The number of nitrogens with zero attached hydrogens (tertiary/aromatic N) is 2. The van der Waals surface area contributed by atoms with Crippen LogP contribution in [0.2, 0.25) is 0 Å². The Morgan fingerprint density at radius 3 is 2.68 bits per heavy atom. The Balaban J connectivity index is 1.38. The van der Waals surface area contributed by atoms with Gasteiger partial charge in [-0.15, -0.1) is 0 Å². The summed E-state index contributed by atoms with van der Waals surface area (Å²) in [6.45, 7) is 2.39. The van der Waals surface area contributed by atoms with Crippen LogP contribution in [0.4, 0.5) is 4.79 Å². The fraction of sp³-hybridized carbons (Fsp3) is 0.375. The topological polar surface area (TPSA) is 79.0 Å².